The Morgan fingerprint density at radius 2 is 2.13 bits per heavy atom. The van der Waals surface area contributed by atoms with Gasteiger partial charge in [0, 0.05) is 19.2 Å². The minimum absolute atomic E-state index is 0.160. The molecule has 0 unspecified atom stereocenters. The standard InChI is InChI=1S/C11H18N2O2/c1-4-5-9-8(2)13(3)12-10(9)6-7-11(14)15/h4-7H2,1-3H3,(H,14,15). The molecule has 1 N–H and O–H groups in total. The van der Waals surface area contributed by atoms with E-state index in [4.69, 9.17) is 5.11 Å². The molecule has 0 amide bonds. The van der Waals surface area contributed by atoms with E-state index in [9.17, 15) is 4.79 Å². The average molecular weight is 210 g/mol. The molecule has 0 aliphatic carbocycles. The highest BCUT2D eigenvalue weighted by atomic mass is 16.4. The van der Waals surface area contributed by atoms with Crippen LogP contribution in [-0.4, -0.2) is 20.9 Å². The highest BCUT2D eigenvalue weighted by Crippen LogP contribution is 2.16. The van der Waals surface area contributed by atoms with Crippen molar-refractivity contribution in [2.45, 2.75) is 39.5 Å². The first-order chi connectivity index (χ1) is 7.06. The molecule has 0 aliphatic rings. The van der Waals surface area contributed by atoms with Crippen LogP contribution in [0.2, 0.25) is 0 Å². The lowest BCUT2D eigenvalue weighted by Crippen LogP contribution is -2.00. The van der Waals surface area contributed by atoms with Gasteiger partial charge in [0.25, 0.3) is 0 Å². The van der Waals surface area contributed by atoms with Gasteiger partial charge in [-0.15, -0.1) is 0 Å². The molecule has 0 saturated carbocycles. The summed E-state index contributed by atoms with van der Waals surface area (Å²) in [5.41, 5.74) is 3.32. The first kappa shape index (κ1) is 11.8. The summed E-state index contributed by atoms with van der Waals surface area (Å²) in [7, 11) is 1.90. The van der Waals surface area contributed by atoms with Crippen molar-refractivity contribution in [3.63, 3.8) is 0 Å². The number of aryl methyl sites for hydroxylation is 2. The number of hydrogen-bond acceptors (Lipinski definition) is 2. The number of carbonyl (C=O) groups is 1. The molecule has 1 aromatic rings. The molecule has 0 fully saturated rings. The first-order valence-corrected chi connectivity index (χ1v) is 5.29. The van der Waals surface area contributed by atoms with E-state index in [2.05, 4.69) is 12.0 Å². The Morgan fingerprint density at radius 3 is 2.67 bits per heavy atom. The molecule has 1 rings (SSSR count). The van der Waals surface area contributed by atoms with Crippen molar-refractivity contribution in [1.29, 1.82) is 0 Å². The molecule has 4 heteroatoms. The fraction of sp³-hybridized carbons (Fsp3) is 0.636. The predicted molar refractivity (Wildman–Crippen MR) is 57.9 cm³/mol. The predicted octanol–water partition coefficient (Wildman–Crippen LogP) is 1.70. The van der Waals surface area contributed by atoms with Gasteiger partial charge in [-0.3, -0.25) is 9.48 Å². The lowest BCUT2D eigenvalue weighted by atomic mass is 10.1. The minimum atomic E-state index is -0.763. The maximum Gasteiger partial charge on any atom is 0.303 e. The number of carboxylic acid groups (broad SMARTS) is 1. The third-order valence-corrected chi connectivity index (χ3v) is 2.62. The molecule has 4 nitrogen and oxygen atoms in total. The van der Waals surface area contributed by atoms with Crippen molar-refractivity contribution in [2.24, 2.45) is 7.05 Å². The van der Waals surface area contributed by atoms with Crippen LogP contribution in [0, 0.1) is 6.92 Å². The first-order valence-electron chi connectivity index (χ1n) is 5.29. The smallest absolute Gasteiger partial charge is 0.303 e. The molecule has 0 saturated heterocycles. The van der Waals surface area contributed by atoms with E-state index in [0.29, 0.717) is 6.42 Å². The topological polar surface area (TPSA) is 55.1 Å². The summed E-state index contributed by atoms with van der Waals surface area (Å²) in [4.78, 5) is 10.5. The van der Waals surface area contributed by atoms with Crippen LogP contribution in [-0.2, 0) is 24.7 Å². The van der Waals surface area contributed by atoms with Gasteiger partial charge in [0.05, 0.1) is 12.1 Å². The van der Waals surface area contributed by atoms with Crippen molar-refractivity contribution in [3.05, 3.63) is 17.0 Å². The van der Waals surface area contributed by atoms with E-state index in [-0.39, 0.29) is 6.42 Å². The summed E-state index contributed by atoms with van der Waals surface area (Å²) >= 11 is 0. The van der Waals surface area contributed by atoms with Gasteiger partial charge in [-0.25, -0.2) is 0 Å². The number of nitrogens with zero attached hydrogens (tertiary/aromatic N) is 2. The van der Waals surface area contributed by atoms with Gasteiger partial charge < -0.3 is 5.11 Å². The quantitative estimate of drug-likeness (QED) is 0.804. The molecule has 0 spiro atoms. The lowest BCUT2D eigenvalue weighted by Gasteiger charge is -2.00. The Balaban J connectivity index is 2.85. The summed E-state index contributed by atoms with van der Waals surface area (Å²) in [6, 6.07) is 0. The van der Waals surface area contributed by atoms with E-state index in [1.807, 2.05) is 18.7 Å². The Kier molecular flexibility index (Phi) is 3.88. The maximum absolute atomic E-state index is 10.5. The van der Waals surface area contributed by atoms with E-state index in [1.165, 1.54) is 5.56 Å². The van der Waals surface area contributed by atoms with Crippen LogP contribution in [0.5, 0.6) is 0 Å². The second kappa shape index (κ2) is 4.96. The number of rotatable bonds is 5. The molecular weight excluding hydrogens is 192 g/mol. The normalized spacial score (nSPS) is 10.6. The van der Waals surface area contributed by atoms with Gasteiger partial charge in [0.2, 0.25) is 0 Å². The summed E-state index contributed by atoms with van der Waals surface area (Å²) in [6.07, 6.45) is 2.74. The molecule has 0 aromatic carbocycles. The molecule has 1 aromatic heterocycles. The average Bonchev–Trinajstić information content (AvgIpc) is 2.43. The molecule has 0 atom stereocenters. The van der Waals surface area contributed by atoms with Gasteiger partial charge in [-0.2, -0.15) is 5.10 Å². The molecule has 84 valence electrons. The summed E-state index contributed by atoms with van der Waals surface area (Å²) < 4.78 is 1.84. The van der Waals surface area contributed by atoms with Crippen LogP contribution in [0.3, 0.4) is 0 Å². The molecular formula is C11H18N2O2. The second-order valence-electron chi connectivity index (χ2n) is 3.78. The Bertz CT molecular complexity index is 356. The fourth-order valence-electron chi connectivity index (χ4n) is 1.72. The van der Waals surface area contributed by atoms with Crippen molar-refractivity contribution in [3.8, 4) is 0 Å². The van der Waals surface area contributed by atoms with Gasteiger partial charge in [-0.1, -0.05) is 13.3 Å². The SMILES string of the molecule is CCCc1c(CCC(=O)O)nn(C)c1C. The summed E-state index contributed by atoms with van der Waals surface area (Å²) in [6.45, 7) is 4.15. The van der Waals surface area contributed by atoms with E-state index >= 15 is 0 Å². The highest BCUT2D eigenvalue weighted by molar-refractivity contribution is 5.67. The van der Waals surface area contributed by atoms with Gasteiger partial charge in [0.1, 0.15) is 0 Å². The van der Waals surface area contributed by atoms with Gasteiger partial charge in [-0.05, 0) is 18.9 Å². The Hall–Kier alpha value is -1.32. The third kappa shape index (κ3) is 2.81. The van der Waals surface area contributed by atoms with Crippen LogP contribution >= 0.6 is 0 Å². The number of carboxylic acids is 1. The van der Waals surface area contributed by atoms with E-state index in [1.54, 1.807) is 0 Å². The highest BCUT2D eigenvalue weighted by Gasteiger charge is 2.12. The Labute approximate surface area is 89.9 Å². The van der Waals surface area contributed by atoms with Gasteiger partial charge in [0.15, 0.2) is 0 Å². The van der Waals surface area contributed by atoms with Crippen LogP contribution < -0.4 is 0 Å². The zero-order chi connectivity index (χ0) is 11.4. The monoisotopic (exact) mass is 210 g/mol. The summed E-state index contributed by atoms with van der Waals surface area (Å²) in [5, 5.41) is 13.0. The zero-order valence-electron chi connectivity index (χ0n) is 9.58. The van der Waals surface area contributed by atoms with Crippen molar-refractivity contribution >= 4 is 5.97 Å². The number of aliphatic carboxylic acids is 1. The van der Waals surface area contributed by atoms with Crippen LogP contribution in [0.4, 0.5) is 0 Å². The third-order valence-electron chi connectivity index (χ3n) is 2.62. The zero-order valence-corrected chi connectivity index (χ0v) is 9.58. The van der Waals surface area contributed by atoms with Crippen molar-refractivity contribution < 1.29 is 9.90 Å². The molecule has 0 aliphatic heterocycles. The largest absolute Gasteiger partial charge is 0.481 e. The fourth-order valence-corrected chi connectivity index (χ4v) is 1.72. The Morgan fingerprint density at radius 1 is 1.47 bits per heavy atom. The van der Waals surface area contributed by atoms with Gasteiger partial charge >= 0.3 is 5.97 Å². The van der Waals surface area contributed by atoms with E-state index < -0.39 is 5.97 Å². The summed E-state index contributed by atoms with van der Waals surface area (Å²) in [5.74, 6) is -0.763. The lowest BCUT2D eigenvalue weighted by molar-refractivity contribution is -0.136. The minimum Gasteiger partial charge on any atom is -0.481 e. The van der Waals surface area contributed by atoms with Crippen LogP contribution in [0.1, 0.15) is 36.7 Å². The van der Waals surface area contributed by atoms with Crippen molar-refractivity contribution in [2.75, 3.05) is 0 Å². The second-order valence-corrected chi connectivity index (χ2v) is 3.78. The molecule has 1 heterocycles. The van der Waals surface area contributed by atoms with E-state index in [0.717, 1.165) is 24.2 Å². The van der Waals surface area contributed by atoms with Crippen LogP contribution in [0.15, 0.2) is 0 Å². The molecule has 0 radical (unpaired) electrons. The van der Waals surface area contributed by atoms with Crippen molar-refractivity contribution in [1.82, 2.24) is 9.78 Å². The number of hydrogen-bond donors (Lipinski definition) is 1. The maximum atomic E-state index is 10.5. The number of aromatic nitrogens is 2. The molecule has 15 heavy (non-hydrogen) atoms. The molecule has 0 bridgehead atoms. The van der Waals surface area contributed by atoms with Crippen LogP contribution in [0.25, 0.3) is 0 Å².